The number of methoxy groups -OCH3 is 1. The molecule has 1 N–H and O–H groups in total. The lowest BCUT2D eigenvalue weighted by Gasteiger charge is -2.02. The molecule has 0 saturated carbocycles. The Morgan fingerprint density at radius 1 is 1.55 bits per heavy atom. The third-order valence-electron chi connectivity index (χ3n) is 1.36. The zero-order chi connectivity index (χ0) is 8.27. The smallest absolute Gasteiger partial charge is 0.160 e. The van der Waals surface area contributed by atoms with Crippen molar-refractivity contribution in [2.45, 2.75) is 13.5 Å². The van der Waals surface area contributed by atoms with Gasteiger partial charge in [0.05, 0.1) is 12.3 Å². The van der Waals surface area contributed by atoms with Crippen LogP contribution in [0.25, 0.3) is 0 Å². The van der Waals surface area contributed by atoms with Crippen LogP contribution in [0.1, 0.15) is 11.4 Å². The van der Waals surface area contributed by atoms with E-state index in [4.69, 9.17) is 4.74 Å². The van der Waals surface area contributed by atoms with Crippen molar-refractivity contribution in [3.63, 3.8) is 0 Å². The van der Waals surface area contributed by atoms with Crippen LogP contribution in [-0.2, 0) is 11.3 Å². The number of hydrogen-bond acceptors (Lipinski definition) is 4. The second-order valence-electron chi connectivity index (χ2n) is 2.19. The highest BCUT2D eigenvalue weighted by atomic mass is 16.5. The monoisotopic (exact) mass is 154 g/mol. The Balaban J connectivity index is 2.96. The molecule has 0 bridgehead atoms. The van der Waals surface area contributed by atoms with Crippen LogP contribution in [0.15, 0.2) is 6.33 Å². The Labute approximate surface area is 64.9 Å². The summed E-state index contributed by atoms with van der Waals surface area (Å²) in [5.74, 6) is 0.120. The van der Waals surface area contributed by atoms with Crippen molar-refractivity contribution in [1.82, 2.24) is 9.97 Å². The Bertz CT molecular complexity index is 250. The SMILES string of the molecule is COCc1ncnc(C)c1O. The third-order valence-corrected chi connectivity index (χ3v) is 1.36. The number of aromatic nitrogens is 2. The van der Waals surface area contributed by atoms with E-state index in [9.17, 15) is 5.11 Å². The van der Waals surface area contributed by atoms with Gasteiger partial charge in [-0.05, 0) is 6.92 Å². The first-order valence-electron chi connectivity index (χ1n) is 3.24. The topological polar surface area (TPSA) is 55.2 Å². The van der Waals surface area contributed by atoms with Gasteiger partial charge in [-0.15, -0.1) is 0 Å². The molecule has 0 aliphatic rings. The molecule has 1 aromatic heterocycles. The lowest BCUT2D eigenvalue weighted by molar-refractivity contribution is 0.178. The fourth-order valence-corrected chi connectivity index (χ4v) is 0.759. The molecule has 60 valence electrons. The van der Waals surface area contributed by atoms with Gasteiger partial charge in [-0.25, -0.2) is 9.97 Å². The van der Waals surface area contributed by atoms with Gasteiger partial charge >= 0.3 is 0 Å². The van der Waals surface area contributed by atoms with Gasteiger partial charge in [0.2, 0.25) is 0 Å². The second-order valence-corrected chi connectivity index (χ2v) is 2.19. The van der Waals surface area contributed by atoms with Crippen LogP contribution in [0.3, 0.4) is 0 Å². The molecular formula is C7H10N2O2. The van der Waals surface area contributed by atoms with E-state index in [0.717, 1.165) is 0 Å². The van der Waals surface area contributed by atoms with Gasteiger partial charge in [0.1, 0.15) is 12.0 Å². The summed E-state index contributed by atoms with van der Waals surface area (Å²) in [5.41, 5.74) is 1.10. The molecular weight excluding hydrogens is 144 g/mol. The molecule has 1 aromatic rings. The first kappa shape index (κ1) is 7.94. The molecule has 11 heavy (non-hydrogen) atoms. The fourth-order valence-electron chi connectivity index (χ4n) is 0.759. The normalized spacial score (nSPS) is 10.0. The first-order valence-corrected chi connectivity index (χ1v) is 3.24. The van der Waals surface area contributed by atoms with Crippen molar-refractivity contribution in [2.75, 3.05) is 7.11 Å². The number of nitrogens with zero attached hydrogens (tertiary/aromatic N) is 2. The molecule has 0 unspecified atom stereocenters. The number of aromatic hydroxyl groups is 1. The largest absolute Gasteiger partial charge is 0.504 e. The average molecular weight is 154 g/mol. The average Bonchev–Trinajstić information content (AvgIpc) is 1.99. The van der Waals surface area contributed by atoms with E-state index >= 15 is 0 Å². The molecule has 0 fully saturated rings. The van der Waals surface area contributed by atoms with E-state index < -0.39 is 0 Å². The molecule has 0 spiro atoms. The summed E-state index contributed by atoms with van der Waals surface area (Å²) in [6, 6.07) is 0. The minimum atomic E-state index is 0.120. The van der Waals surface area contributed by atoms with Crippen LogP contribution in [-0.4, -0.2) is 22.2 Å². The highest BCUT2D eigenvalue weighted by Gasteiger charge is 2.04. The van der Waals surface area contributed by atoms with Crippen LogP contribution in [0.5, 0.6) is 5.75 Å². The lowest BCUT2D eigenvalue weighted by atomic mass is 10.3. The van der Waals surface area contributed by atoms with Gasteiger partial charge in [0.15, 0.2) is 5.75 Å². The Morgan fingerprint density at radius 3 is 2.91 bits per heavy atom. The van der Waals surface area contributed by atoms with E-state index in [1.165, 1.54) is 6.33 Å². The molecule has 0 aliphatic carbocycles. The summed E-state index contributed by atoms with van der Waals surface area (Å²) in [4.78, 5) is 7.65. The number of hydrogen-bond donors (Lipinski definition) is 1. The highest BCUT2D eigenvalue weighted by molar-refractivity contribution is 5.28. The summed E-state index contributed by atoms with van der Waals surface area (Å²) in [7, 11) is 1.55. The lowest BCUT2D eigenvalue weighted by Crippen LogP contribution is -1.95. The predicted octanol–water partition coefficient (Wildman–Crippen LogP) is 0.637. The highest BCUT2D eigenvalue weighted by Crippen LogP contribution is 2.16. The minimum Gasteiger partial charge on any atom is -0.504 e. The minimum absolute atomic E-state index is 0.120. The fraction of sp³-hybridized carbons (Fsp3) is 0.429. The van der Waals surface area contributed by atoms with Gasteiger partial charge < -0.3 is 9.84 Å². The van der Waals surface area contributed by atoms with Crippen molar-refractivity contribution in [2.24, 2.45) is 0 Å². The second kappa shape index (κ2) is 3.30. The zero-order valence-corrected chi connectivity index (χ0v) is 6.53. The summed E-state index contributed by atoms with van der Waals surface area (Å²) in [6.45, 7) is 2.03. The number of ether oxygens (including phenoxy) is 1. The number of aryl methyl sites for hydroxylation is 1. The van der Waals surface area contributed by atoms with E-state index in [1.807, 2.05) is 0 Å². The molecule has 0 radical (unpaired) electrons. The Morgan fingerprint density at radius 2 is 2.27 bits per heavy atom. The van der Waals surface area contributed by atoms with Gasteiger partial charge in [-0.1, -0.05) is 0 Å². The summed E-state index contributed by atoms with van der Waals surface area (Å²) < 4.78 is 4.81. The summed E-state index contributed by atoms with van der Waals surface area (Å²) in [5, 5.41) is 9.32. The third kappa shape index (κ3) is 1.65. The van der Waals surface area contributed by atoms with Crippen molar-refractivity contribution >= 4 is 0 Å². The molecule has 1 heterocycles. The molecule has 1 rings (SSSR count). The van der Waals surface area contributed by atoms with Crippen LogP contribution in [0, 0.1) is 6.92 Å². The molecule has 4 nitrogen and oxygen atoms in total. The van der Waals surface area contributed by atoms with Gasteiger partial charge in [-0.2, -0.15) is 0 Å². The molecule has 4 heteroatoms. The maximum Gasteiger partial charge on any atom is 0.160 e. The molecule has 0 amide bonds. The van der Waals surface area contributed by atoms with E-state index in [2.05, 4.69) is 9.97 Å². The van der Waals surface area contributed by atoms with Gasteiger partial charge in [-0.3, -0.25) is 0 Å². The van der Waals surface area contributed by atoms with Crippen LogP contribution < -0.4 is 0 Å². The predicted molar refractivity (Wildman–Crippen MR) is 39.1 cm³/mol. The van der Waals surface area contributed by atoms with E-state index in [-0.39, 0.29) is 5.75 Å². The zero-order valence-electron chi connectivity index (χ0n) is 6.53. The van der Waals surface area contributed by atoms with Crippen molar-refractivity contribution in [1.29, 1.82) is 0 Å². The summed E-state index contributed by atoms with van der Waals surface area (Å²) >= 11 is 0. The van der Waals surface area contributed by atoms with Crippen LogP contribution in [0.2, 0.25) is 0 Å². The standard InChI is InChI=1S/C7H10N2O2/c1-5-7(10)6(3-11-2)9-4-8-5/h4,10H,3H2,1-2H3. The quantitative estimate of drug-likeness (QED) is 0.679. The summed E-state index contributed by atoms with van der Waals surface area (Å²) in [6.07, 6.45) is 1.41. The van der Waals surface area contributed by atoms with Crippen LogP contribution >= 0.6 is 0 Å². The maximum atomic E-state index is 9.32. The molecule has 0 saturated heterocycles. The Kier molecular flexibility index (Phi) is 2.38. The van der Waals surface area contributed by atoms with E-state index in [0.29, 0.717) is 18.0 Å². The van der Waals surface area contributed by atoms with Gasteiger partial charge in [0, 0.05) is 7.11 Å². The van der Waals surface area contributed by atoms with Crippen molar-refractivity contribution in [3.05, 3.63) is 17.7 Å². The molecule has 0 aliphatic heterocycles. The van der Waals surface area contributed by atoms with Crippen molar-refractivity contribution < 1.29 is 9.84 Å². The molecule has 0 atom stereocenters. The van der Waals surface area contributed by atoms with Gasteiger partial charge in [0.25, 0.3) is 0 Å². The van der Waals surface area contributed by atoms with Crippen LogP contribution in [0.4, 0.5) is 0 Å². The van der Waals surface area contributed by atoms with E-state index in [1.54, 1.807) is 14.0 Å². The van der Waals surface area contributed by atoms with Crippen molar-refractivity contribution in [3.8, 4) is 5.75 Å². The number of rotatable bonds is 2. The Hall–Kier alpha value is -1.16. The first-order chi connectivity index (χ1) is 5.25. The maximum absolute atomic E-state index is 9.32. The molecule has 0 aromatic carbocycles.